The second-order valence-electron chi connectivity index (χ2n) is 6.84. The molecular formula is C18H20F3N3O6S. The molecule has 1 aliphatic heterocycles. The van der Waals surface area contributed by atoms with Gasteiger partial charge in [0, 0.05) is 18.5 Å². The maximum absolute atomic E-state index is 11.8. The highest BCUT2D eigenvalue weighted by Gasteiger charge is 2.38. The first-order valence-electron chi connectivity index (χ1n) is 8.92. The predicted octanol–water partition coefficient (Wildman–Crippen LogP) is 2.13. The summed E-state index contributed by atoms with van der Waals surface area (Å²) in [6.45, 7) is 2.59. The minimum Gasteiger partial charge on any atom is -0.478 e. The van der Waals surface area contributed by atoms with Gasteiger partial charge >= 0.3 is 18.1 Å². The molecule has 0 atom stereocenters. The number of sulfonamides is 1. The largest absolute Gasteiger partial charge is 0.490 e. The van der Waals surface area contributed by atoms with Crippen LogP contribution in [0.2, 0.25) is 0 Å². The first kappa shape index (κ1) is 24.3. The van der Waals surface area contributed by atoms with Gasteiger partial charge in [0.05, 0.1) is 10.8 Å². The zero-order valence-corrected chi connectivity index (χ0v) is 17.1. The van der Waals surface area contributed by atoms with E-state index in [0.717, 1.165) is 10.9 Å². The Morgan fingerprint density at radius 1 is 1.16 bits per heavy atom. The lowest BCUT2D eigenvalue weighted by Crippen LogP contribution is -2.42. The number of pyridine rings is 1. The highest BCUT2D eigenvalue weighted by molar-refractivity contribution is 7.89. The summed E-state index contributed by atoms with van der Waals surface area (Å²) >= 11 is 0. The Balaban J connectivity index is 0.000000423. The van der Waals surface area contributed by atoms with Crippen LogP contribution in [0.25, 0.3) is 10.9 Å². The first-order valence-corrected chi connectivity index (χ1v) is 10.5. The number of aromatic carboxylic acids is 1. The SMILES string of the molecule is Cc1c(C(=O)O)c(N2CCC(S(N)(=O)=O)CC2)nc2ccccc12.O=C(O)C(F)(F)F. The number of halogens is 3. The van der Waals surface area contributed by atoms with Crippen LogP contribution in [0.5, 0.6) is 0 Å². The number of anilines is 1. The molecule has 1 fully saturated rings. The van der Waals surface area contributed by atoms with Gasteiger partial charge in [0.2, 0.25) is 10.0 Å². The number of nitrogens with zero attached hydrogens (tertiary/aromatic N) is 2. The number of aliphatic carboxylic acids is 1. The molecule has 9 nitrogen and oxygen atoms in total. The third-order valence-electron chi connectivity index (χ3n) is 4.80. The van der Waals surface area contributed by atoms with Crippen LogP contribution in [-0.2, 0) is 14.8 Å². The van der Waals surface area contributed by atoms with Crippen LogP contribution in [0, 0.1) is 6.92 Å². The zero-order chi connectivity index (χ0) is 23.6. The van der Waals surface area contributed by atoms with Crippen LogP contribution in [-0.4, -0.2) is 60.1 Å². The summed E-state index contributed by atoms with van der Waals surface area (Å²) in [6.07, 6.45) is -4.35. The van der Waals surface area contributed by atoms with Crippen molar-refractivity contribution < 1.29 is 41.4 Å². The van der Waals surface area contributed by atoms with Crippen LogP contribution in [0.15, 0.2) is 24.3 Å². The second kappa shape index (κ2) is 9.06. The van der Waals surface area contributed by atoms with Gasteiger partial charge in [-0.2, -0.15) is 13.2 Å². The van der Waals surface area contributed by atoms with Gasteiger partial charge in [-0.05, 0) is 31.4 Å². The van der Waals surface area contributed by atoms with E-state index in [4.69, 9.17) is 15.0 Å². The Labute approximate surface area is 175 Å². The topological polar surface area (TPSA) is 151 Å². The standard InChI is InChI=1S/C16H19N3O4S.C2HF3O2/c1-10-12-4-2-3-5-13(12)18-15(14(10)16(20)21)19-8-6-11(7-9-19)24(17,22)23;3-2(4,5)1(6)7/h2-5,11H,6-9H2,1H3,(H,20,21)(H2,17,22,23);(H,6,7). The Morgan fingerprint density at radius 3 is 2.13 bits per heavy atom. The monoisotopic (exact) mass is 463 g/mol. The number of rotatable bonds is 3. The molecule has 0 amide bonds. The number of carboxylic acid groups (broad SMARTS) is 2. The number of benzene rings is 1. The van der Waals surface area contributed by atoms with E-state index >= 15 is 0 Å². The quantitative estimate of drug-likeness (QED) is 0.626. The molecule has 1 aromatic carbocycles. The molecule has 2 heterocycles. The summed E-state index contributed by atoms with van der Waals surface area (Å²) in [5.41, 5.74) is 1.56. The third kappa shape index (κ3) is 5.82. The highest BCUT2D eigenvalue weighted by atomic mass is 32.2. The number of aromatic nitrogens is 1. The molecule has 3 rings (SSSR count). The van der Waals surface area contributed by atoms with Crippen molar-refractivity contribution in [2.24, 2.45) is 5.14 Å². The number of para-hydroxylation sites is 1. The lowest BCUT2D eigenvalue weighted by molar-refractivity contribution is -0.192. The van der Waals surface area contributed by atoms with E-state index in [1.54, 1.807) is 6.92 Å². The van der Waals surface area contributed by atoms with Gasteiger partial charge in [-0.25, -0.2) is 28.1 Å². The van der Waals surface area contributed by atoms with Gasteiger partial charge in [0.1, 0.15) is 11.4 Å². The molecule has 13 heteroatoms. The summed E-state index contributed by atoms with van der Waals surface area (Å²) in [7, 11) is -3.56. The van der Waals surface area contributed by atoms with Gasteiger partial charge in [0.25, 0.3) is 0 Å². The molecule has 170 valence electrons. The minimum absolute atomic E-state index is 0.169. The number of aryl methyl sites for hydroxylation is 1. The molecule has 0 aliphatic carbocycles. The first-order chi connectivity index (χ1) is 14.2. The van der Waals surface area contributed by atoms with E-state index in [1.165, 1.54) is 0 Å². The van der Waals surface area contributed by atoms with Crippen LogP contribution < -0.4 is 10.0 Å². The smallest absolute Gasteiger partial charge is 0.478 e. The Hall–Kier alpha value is -2.93. The summed E-state index contributed by atoms with van der Waals surface area (Å²) in [4.78, 5) is 27.0. The molecule has 2 aromatic rings. The van der Waals surface area contributed by atoms with Crippen molar-refractivity contribution in [3.63, 3.8) is 0 Å². The number of hydrogen-bond donors (Lipinski definition) is 3. The van der Waals surface area contributed by atoms with Crippen molar-refractivity contribution >= 4 is 38.7 Å². The molecule has 4 N–H and O–H groups in total. The number of alkyl halides is 3. The second-order valence-corrected chi connectivity index (χ2v) is 8.68. The van der Waals surface area contributed by atoms with Gasteiger partial charge in [-0.1, -0.05) is 18.2 Å². The third-order valence-corrected chi connectivity index (χ3v) is 6.20. The van der Waals surface area contributed by atoms with Gasteiger partial charge in [-0.15, -0.1) is 0 Å². The number of carboxylic acids is 2. The molecule has 31 heavy (non-hydrogen) atoms. The van der Waals surface area contributed by atoms with E-state index in [1.807, 2.05) is 29.2 Å². The van der Waals surface area contributed by atoms with Crippen LogP contribution in [0.3, 0.4) is 0 Å². The number of fused-ring (bicyclic) bond motifs is 1. The average Bonchev–Trinajstić information content (AvgIpc) is 2.66. The van der Waals surface area contributed by atoms with E-state index in [2.05, 4.69) is 4.98 Å². The molecule has 1 aromatic heterocycles. The average molecular weight is 463 g/mol. The summed E-state index contributed by atoms with van der Waals surface area (Å²) < 4.78 is 54.7. The Kier molecular flexibility index (Phi) is 7.11. The van der Waals surface area contributed by atoms with Gasteiger partial charge < -0.3 is 15.1 Å². The summed E-state index contributed by atoms with van der Waals surface area (Å²) in [5.74, 6) is -3.40. The zero-order valence-electron chi connectivity index (χ0n) is 16.3. The molecule has 0 saturated carbocycles. The van der Waals surface area contributed by atoms with Crippen molar-refractivity contribution in [3.05, 3.63) is 35.4 Å². The maximum Gasteiger partial charge on any atom is 0.490 e. The molecule has 0 radical (unpaired) electrons. The maximum atomic E-state index is 11.8. The molecule has 1 saturated heterocycles. The fraction of sp³-hybridized carbons (Fsp3) is 0.389. The lowest BCUT2D eigenvalue weighted by Gasteiger charge is -2.33. The van der Waals surface area contributed by atoms with E-state index in [0.29, 0.717) is 37.3 Å². The molecule has 0 unspecified atom stereocenters. The van der Waals surface area contributed by atoms with Crippen LogP contribution in [0.1, 0.15) is 28.8 Å². The molecule has 1 aliphatic rings. The van der Waals surface area contributed by atoms with Gasteiger partial charge in [-0.3, -0.25) is 0 Å². The normalized spacial score (nSPS) is 15.3. The minimum atomic E-state index is -5.08. The van der Waals surface area contributed by atoms with Crippen molar-refractivity contribution in [3.8, 4) is 0 Å². The van der Waals surface area contributed by atoms with Crippen molar-refractivity contribution in [2.45, 2.75) is 31.2 Å². The van der Waals surface area contributed by atoms with Crippen molar-refractivity contribution in [2.75, 3.05) is 18.0 Å². The number of nitrogens with two attached hydrogens (primary N) is 1. The van der Waals surface area contributed by atoms with Gasteiger partial charge in [0.15, 0.2) is 0 Å². The highest BCUT2D eigenvalue weighted by Crippen LogP contribution is 2.30. The summed E-state index contributed by atoms with van der Waals surface area (Å²) in [6, 6.07) is 7.39. The Morgan fingerprint density at radius 2 is 1.68 bits per heavy atom. The van der Waals surface area contributed by atoms with Crippen LogP contribution in [0.4, 0.5) is 19.0 Å². The number of primary sulfonamides is 1. The van der Waals surface area contributed by atoms with Crippen molar-refractivity contribution in [1.82, 2.24) is 4.98 Å². The number of hydrogen-bond acceptors (Lipinski definition) is 6. The lowest BCUT2D eigenvalue weighted by atomic mass is 10.0. The number of piperidine rings is 1. The molecule has 0 spiro atoms. The van der Waals surface area contributed by atoms with E-state index in [9.17, 15) is 31.5 Å². The van der Waals surface area contributed by atoms with E-state index < -0.39 is 33.4 Å². The number of carbonyl (C=O) groups is 2. The van der Waals surface area contributed by atoms with Crippen LogP contribution >= 0.6 is 0 Å². The van der Waals surface area contributed by atoms with E-state index in [-0.39, 0.29) is 5.56 Å². The predicted molar refractivity (Wildman–Crippen MR) is 105 cm³/mol. The summed E-state index contributed by atoms with van der Waals surface area (Å²) in [5, 5.41) is 22.2. The van der Waals surface area contributed by atoms with Crippen molar-refractivity contribution in [1.29, 1.82) is 0 Å². The molecule has 0 bridgehead atoms. The fourth-order valence-corrected chi connectivity index (χ4v) is 4.11. The fourth-order valence-electron chi connectivity index (χ4n) is 3.24. The molecular weight excluding hydrogens is 443 g/mol. The Bertz CT molecular complexity index is 1100.